The Bertz CT molecular complexity index is 467. The largest absolute Gasteiger partial charge is 0.481 e. The molecule has 18 heavy (non-hydrogen) atoms. The van der Waals surface area contributed by atoms with Gasteiger partial charge in [-0.2, -0.15) is 13.2 Å². The third kappa shape index (κ3) is 3.16. The molecule has 0 heterocycles. The van der Waals surface area contributed by atoms with Crippen LogP contribution in [0.2, 0.25) is 5.02 Å². The number of rotatable bonds is 3. The van der Waals surface area contributed by atoms with E-state index in [1.54, 1.807) is 0 Å². The van der Waals surface area contributed by atoms with Crippen LogP contribution in [0.3, 0.4) is 0 Å². The zero-order valence-corrected chi connectivity index (χ0v) is 10.6. The molecule has 0 bridgehead atoms. The van der Waals surface area contributed by atoms with Crippen molar-refractivity contribution in [1.29, 1.82) is 0 Å². The quantitative estimate of drug-likeness (QED) is 0.908. The van der Waals surface area contributed by atoms with E-state index in [9.17, 15) is 18.0 Å². The molecule has 0 aromatic heterocycles. The molecule has 0 radical (unpaired) electrons. The molecule has 2 nitrogen and oxygen atoms in total. The molecule has 1 aromatic carbocycles. The first-order valence-electron chi connectivity index (χ1n) is 5.13. The normalized spacial score (nSPS) is 12.6. The average molecular weight is 281 g/mol. The van der Waals surface area contributed by atoms with Gasteiger partial charge in [-0.05, 0) is 38.0 Å². The Labute approximate surface area is 107 Å². The Morgan fingerprint density at radius 3 is 2.33 bits per heavy atom. The van der Waals surface area contributed by atoms with Crippen molar-refractivity contribution in [2.45, 2.75) is 26.4 Å². The van der Waals surface area contributed by atoms with E-state index >= 15 is 0 Å². The average Bonchev–Trinajstić information content (AvgIpc) is 2.18. The van der Waals surface area contributed by atoms with Gasteiger partial charge in [-0.15, -0.1) is 0 Å². The van der Waals surface area contributed by atoms with Gasteiger partial charge in [-0.3, -0.25) is 4.79 Å². The summed E-state index contributed by atoms with van der Waals surface area (Å²) in [6.45, 7) is 2.72. The van der Waals surface area contributed by atoms with Crippen LogP contribution in [-0.4, -0.2) is 11.1 Å². The number of hydrogen-bond donors (Lipinski definition) is 1. The number of carboxylic acid groups (broad SMARTS) is 1. The highest BCUT2D eigenvalue weighted by Crippen LogP contribution is 2.38. The van der Waals surface area contributed by atoms with Crippen LogP contribution in [0.25, 0.3) is 0 Å². The summed E-state index contributed by atoms with van der Waals surface area (Å²) in [7, 11) is 0. The lowest BCUT2D eigenvalue weighted by Crippen LogP contribution is -2.27. The van der Waals surface area contributed by atoms with Gasteiger partial charge in [-0.25, -0.2) is 0 Å². The molecule has 1 aromatic rings. The summed E-state index contributed by atoms with van der Waals surface area (Å²) >= 11 is 5.75. The van der Waals surface area contributed by atoms with E-state index in [1.165, 1.54) is 26.0 Å². The van der Waals surface area contributed by atoms with Gasteiger partial charge in [0.25, 0.3) is 0 Å². The molecule has 0 atom stereocenters. The smallest absolute Gasteiger partial charge is 0.416 e. The van der Waals surface area contributed by atoms with Crippen molar-refractivity contribution in [1.82, 2.24) is 0 Å². The molecule has 0 unspecified atom stereocenters. The molecular weight excluding hydrogens is 269 g/mol. The SMILES string of the molecule is CC(C)(Cc1c(Cl)cccc1C(F)(F)F)C(=O)O. The van der Waals surface area contributed by atoms with Crippen LogP contribution in [0, 0.1) is 5.41 Å². The maximum absolute atomic E-state index is 12.8. The maximum Gasteiger partial charge on any atom is 0.416 e. The zero-order chi connectivity index (χ0) is 14.1. The summed E-state index contributed by atoms with van der Waals surface area (Å²) in [6, 6.07) is 3.42. The van der Waals surface area contributed by atoms with Crippen molar-refractivity contribution in [3.63, 3.8) is 0 Å². The van der Waals surface area contributed by atoms with E-state index in [0.29, 0.717) is 0 Å². The highest BCUT2D eigenvalue weighted by Gasteiger charge is 2.37. The number of carboxylic acids is 1. The monoisotopic (exact) mass is 280 g/mol. The third-order valence-electron chi connectivity index (χ3n) is 2.62. The number of alkyl halides is 3. The predicted octanol–water partition coefficient (Wildman–Crippen LogP) is 4.01. The van der Waals surface area contributed by atoms with Crippen LogP contribution < -0.4 is 0 Å². The number of aliphatic carboxylic acids is 1. The van der Waals surface area contributed by atoms with E-state index in [2.05, 4.69) is 0 Å². The lowest BCUT2D eigenvalue weighted by Gasteiger charge is -2.22. The second kappa shape index (κ2) is 4.80. The van der Waals surface area contributed by atoms with Gasteiger partial charge < -0.3 is 5.11 Å². The fourth-order valence-electron chi connectivity index (χ4n) is 1.52. The van der Waals surface area contributed by atoms with Crippen molar-refractivity contribution in [3.8, 4) is 0 Å². The van der Waals surface area contributed by atoms with E-state index in [-0.39, 0.29) is 17.0 Å². The van der Waals surface area contributed by atoms with Crippen molar-refractivity contribution >= 4 is 17.6 Å². The van der Waals surface area contributed by atoms with Crippen molar-refractivity contribution in [2.75, 3.05) is 0 Å². The molecule has 0 aliphatic heterocycles. The van der Waals surface area contributed by atoms with Gasteiger partial charge in [0.15, 0.2) is 0 Å². The molecule has 0 fully saturated rings. The fourth-order valence-corrected chi connectivity index (χ4v) is 1.76. The van der Waals surface area contributed by atoms with Crippen LogP contribution in [-0.2, 0) is 17.4 Å². The second-order valence-corrected chi connectivity index (χ2v) is 5.04. The summed E-state index contributed by atoms with van der Waals surface area (Å²) < 4.78 is 38.4. The summed E-state index contributed by atoms with van der Waals surface area (Å²) in [5.74, 6) is -1.17. The van der Waals surface area contributed by atoms with E-state index in [4.69, 9.17) is 16.7 Å². The van der Waals surface area contributed by atoms with Gasteiger partial charge in [0, 0.05) is 5.02 Å². The third-order valence-corrected chi connectivity index (χ3v) is 2.98. The molecule has 100 valence electrons. The molecule has 0 aliphatic rings. The number of halogens is 4. The first kappa shape index (κ1) is 14.8. The Morgan fingerprint density at radius 2 is 1.89 bits per heavy atom. The van der Waals surface area contributed by atoms with Crippen molar-refractivity contribution in [2.24, 2.45) is 5.41 Å². The summed E-state index contributed by atoms with van der Waals surface area (Å²) in [5, 5.41) is 8.89. The van der Waals surface area contributed by atoms with Gasteiger partial charge >= 0.3 is 12.1 Å². The summed E-state index contributed by atoms with van der Waals surface area (Å²) in [4.78, 5) is 11.0. The van der Waals surface area contributed by atoms with Crippen LogP contribution in [0.4, 0.5) is 13.2 Å². The minimum atomic E-state index is -4.55. The predicted molar refractivity (Wildman–Crippen MR) is 61.6 cm³/mol. The first-order chi connectivity index (χ1) is 8.05. The zero-order valence-electron chi connectivity index (χ0n) is 9.81. The van der Waals surface area contributed by atoms with Gasteiger partial charge in [0.1, 0.15) is 0 Å². The topological polar surface area (TPSA) is 37.3 Å². The Hall–Kier alpha value is -1.23. The Kier molecular flexibility index (Phi) is 3.96. The summed E-state index contributed by atoms with van der Waals surface area (Å²) in [6.07, 6.45) is -4.83. The number of benzene rings is 1. The van der Waals surface area contributed by atoms with Gasteiger partial charge in [-0.1, -0.05) is 17.7 Å². The molecule has 1 N–H and O–H groups in total. The molecular formula is C12H12ClF3O2. The number of hydrogen-bond acceptors (Lipinski definition) is 1. The van der Waals surface area contributed by atoms with Crippen LogP contribution in [0.15, 0.2) is 18.2 Å². The second-order valence-electron chi connectivity index (χ2n) is 4.63. The van der Waals surface area contributed by atoms with Crippen LogP contribution >= 0.6 is 11.6 Å². The minimum Gasteiger partial charge on any atom is -0.481 e. The van der Waals surface area contributed by atoms with Crippen LogP contribution in [0.5, 0.6) is 0 Å². The van der Waals surface area contributed by atoms with Crippen molar-refractivity contribution in [3.05, 3.63) is 34.3 Å². The summed E-state index contributed by atoms with van der Waals surface area (Å²) in [5.41, 5.74) is -2.38. The Balaban J connectivity index is 3.28. The van der Waals surface area contributed by atoms with E-state index in [0.717, 1.165) is 6.07 Å². The standard InChI is InChI=1S/C12H12ClF3O2/c1-11(2,10(17)18)6-7-8(12(14,15)16)4-3-5-9(7)13/h3-5H,6H2,1-2H3,(H,17,18). The molecule has 0 saturated carbocycles. The lowest BCUT2D eigenvalue weighted by atomic mass is 9.84. The van der Waals surface area contributed by atoms with Gasteiger partial charge in [0.05, 0.1) is 11.0 Å². The molecule has 0 spiro atoms. The van der Waals surface area contributed by atoms with Crippen LogP contribution in [0.1, 0.15) is 25.0 Å². The highest BCUT2D eigenvalue weighted by molar-refractivity contribution is 6.31. The maximum atomic E-state index is 12.8. The van der Waals surface area contributed by atoms with E-state index < -0.39 is 23.1 Å². The van der Waals surface area contributed by atoms with Crippen molar-refractivity contribution < 1.29 is 23.1 Å². The highest BCUT2D eigenvalue weighted by atomic mass is 35.5. The van der Waals surface area contributed by atoms with Gasteiger partial charge in [0.2, 0.25) is 0 Å². The van der Waals surface area contributed by atoms with E-state index in [1.807, 2.05) is 0 Å². The first-order valence-corrected chi connectivity index (χ1v) is 5.51. The fraction of sp³-hybridized carbons (Fsp3) is 0.417. The molecule has 0 amide bonds. The lowest BCUT2D eigenvalue weighted by molar-refractivity contribution is -0.148. The molecule has 0 saturated heterocycles. The Morgan fingerprint density at radius 1 is 1.33 bits per heavy atom. The molecule has 6 heteroatoms. The molecule has 1 rings (SSSR count). The molecule has 0 aliphatic carbocycles. The number of carbonyl (C=O) groups is 1. The minimum absolute atomic E-state index is 0.0702.